The van der Waals surface area contributed by atoms with Gasteiger partial charge in [0.25, 0.3) is 5.91 Å². The molecule has 0 unspecified atom stereocenters. The van der Waals surface area contributed by atoms with Gasteiger partial charge in [-0.2, -0.15) is 0 Å². The number of nitrogens with one attached hydrogen (secondary N) is 1. The van der Waals surface area contributed by atoms with E-state index in [2.05, 4.69) is 5.32 Å². The van der Waals surface area contributed by atoms with Crippen LogP contribution >= 0.6 is 0 Å². The SMILES string of the molecule is Cc1ccc(C(=O)OCC(=O)Nc2c(C)cccc2C)cc1F. The van der Waals surface area contributed by atoms with E-state index in [1.165, 1.54) is 12.1 Å². The number of rotatable bonds is 4. The van der Waals surface area contributed by atoms with Crippen LogP contribution in [-0.2, 0) is 9.53 Å². The van der Waals surface area contributed by atoms with Crippen LogP contribution in [0.5, 0.6) is 0 Å². The molecule has 0 heterocycles. The third-order valence-corrected chi connectivity index (χ3v) is 3.49. The Morgan fingerprint density at radius 1 is 1.04 bits per heavy atom. The van der Waals surface area contributed by atoms with Gasteiger partial charge in [0.2, 0.25) is 0 Å². The zero-order valence-corrected chi connectivity index (χ0v) is 13.3. The molecular weight excluding hydrogens is 297 g/mol. The van der Waals surface area contributed by atoms with Crippen molar-refractivity contribution in [1.82, 2.24) is 0 Å². The Bertz CT molecular complexity index is 736. The van der Waals surface area contributed by atoms with E-state index in [9.17, 15) is 14.0 Å². The fourth-order valence-corrected chi connectivity index (χ4v) is 2.12. The van der Waals surface area contributed by atoms with Gasteiger partial charge in [0.1, 0.15) is 5.82 Å². The van der Waals surface area contributed by atoms with E-state index in [4.69, 9.17) is 4.74 Å². The number of carbonyl (C=O) groups is 2. The van der Waals surface area contributed by atoms with Gasteiger partial charge in [-0.05, 0) is 49.6 Å². The van der Waals surface area contributed by atoms with Crippen LogP contribution < -0.4 is 5.32 Å². The van der Waals surface area contributed by atoms with Gasteiger partial charge in [-0.25, -0.2) is 9.18 Å². The molecule has 1 amide bonds. The molecule has 2 aromatic carbocycles. The van der Waals surface area contributed by atoms with E-state index in [0.717, 1.165) is 17.2 Å². The van der Waals surface area contributed by atoms with Crippen LogP contribution in [0.1, 0.15) is 27.0 Å². The maximum atomic E-state index is 13.4. The lowest BCUT2D eigenvalue weighted by Crippen LogP contribution is -2.22. The maximum Gasteiger partial charge on any atom is 0.338 e. The highest BCUT2D eigenvalue weighted by atomic mass is 19.1. The van der Waals surface area contributed by atoms with Gasteiger partial charge in [-0.15, -0.1) is 0 Å². The smallest absolute Gasteiger partial charge is 0.338 e. The highest BCUT2D eigenvalue weighted by Crippen LogP contribution is 2.19. The summed E-state index contributed by atoms with van der Waals surface area (Å²) in [4.78, 5) is 23.7. The van der Waals surface area contributed by atoms with Gasteiger partial charge in [0, 0.05) is 5.69 Å². The number of benzene rings is 2. The third-order valence-electron chi connectivity index (χ3n) is 3.49. The minimum Gasteiger partial charge on any atom is -0.452 e. The average molecular weight is 315 g/mol. The summed E-state index contributed by atoms with van der Waals surface area (Å²) >= 11 is 0. The fraction of sp³-hybridized carbons (Fsp3) is 0.222. The third kappa shape index (κ3) is 4.16. The summed E-state index contributed by atoms with van der Waals surface area (Å²) in [6.07, 6.45) is 0. The van der Waals surface area contributed by atoms with Crippen molar-refractivity contribution < 1.29 is 18.7 Å². The van der Waals surface area contributed by atoms with Crippen LogP contribution in [0, 0.1) is 26.6 Å². The van der Waals surface area contributed by atoms with Crippen LogP contribution in [0.2, 0.25) is 0 Å². The molecule has 0 aliphatic carbocycles. The van der Waals surface area contributed by atoms with Gasteiger partial charge in [0.05, 0.1) is 5.56 Å². The molecule has 23 heavy (non-hydrogen) atoms. The van der Waals surface area contributed by atoms with Crippen molar-refractivity contribution in [3.63, 3.8) is 0 Å². The maximum absolute atomic E-state index is 13.4. The van der Waals surface area contributed by atoms with Crippen molar-refractivity contribution in [2.24, 2.45) is 0 Å². The minimum absolute atomic E-state index is 0.0768. The number of esters is 1. The molecule has 0 aliphatic rings. The van der Waals surface area contributed by atoms with Gasteiger partial charge >= 0.3 is 5.97 Å². The first kappa shape index (κ1) is 16.7. The highest BCUT2D eigenvalue weighted by molar-refractivity contribution is 5.96. The molecule has 0 saturated heterocycles. The highest BCUT2D eigenvalue weighted by Gasteiger charge is 2.13. The molecule has 2 rings (SSSR count). The average Bonchev–Trinajstić information content (AvgIpc) is 2.51. The van der Waals surface area contributed by atoms with Crippen LogP contribution in [0.25, 0.3) is 0 Å². The largest absolute Gasteiger partial charge is 0.452 e. The fourth-order valence-electron chi connectivity index (χ4n) is 2.12. The Morgan fingerprint density at radius 2 is 1.70 bits per heavy atom. The lowest BCUT2D eigenvalue weighted by Gasteiger charge is -2.11. The molecule has 120 valence electrons. The Labute approximate surface area is 134 Å². The minimum atomic E-state index is -0.736. The molecule has 0 aliphatic heterocycles. The van der Waals surface area contributed by atoms with Crippen molar-refractivity contribution in [1.29, 1.82) is 0 Å². The quantitative estimate of drug-likeness (QED) is 0.878. The molecule has 0 saturated carbocycles. The van der Waals surface area contributed by atoms with Crippen LogP contribution in [0.3, 0.4) is 0 Å². The zero-order chi connectivity index (χ0) is 17.0. The second-order valence-electron chi connectivity index (χ2n) is 5.36. The molecule has 1 N–H and O–H groups in total. The summed E-state index contributed by atoms with van der Waals surface area (Å²) in [5, 5.41) is 2.72. The monoisotopic (exact) mass is 315 g/mol. The molecule has 0 radical (unpaired) electrons. The number of halogens is 1. The first-order valence-corrected chi connectivity index (χ1v) is 7.18. The number of hydrogen-bond acceptors (Lipinski definition) is 3. The van der Waals surface area contributed by atoms with Crippen LogP contribution in [0.4, 0.5) is 10.1 Å². The molecule has 0 fully saturated rings. The van der Waals surface area contributed by atoms with E-state index in [1.54, 1.807) is 6.92 Å². The lowest BCUT2D eigenvalue weighted by molar-refractivity contribution is -0.119. The molecule has 0 atom stereocenters. The summed E-state index contributed by atoms with van der Waals surface area (Å²) in [5.74, 6) is -1.66. The molecule has 5 heteroatoms. The number of anilines is 1. The lowest BCUT2D eigenvalue weighted by atomic mass is 10.1. The standard InChI is InChI=1S/C18H18FNO3/c1-11-7-8-14(9-15(11)19)18(22)23-10-16(21)20-17-12(2)5-4-6-13(17)3/h4-9H,10H2,1-3H3,(H,20,21). The molecule has 0 aromatic heterocycles. The van der Waals surface area contributed by atoms with Crippen LogP contribution in [-0.4, -0.2) is 18.5 Å². The molecular formula is C18H18FNO3. The Kier molecular flexibility index (Phi) is 5.11. The summed E-state index contributed by atoms with van der Waals surface area (Å²) in [6, 6.07) is 9.70. The van der Waals surface area contributed by atoms with Crippen molar-refractivity contribution in [3.05, 3.63) is 64.5 Å². The van der Waals surface area contributed by atoms with Crippen molar-refractivity contribution in [2.75, 3.05) is 11.9 Å². The second kappa shape index (κ2) is 7.05. The topological polar surface area (TPSA) is 55.4 Å². The van der Waals surface area contributed by atoms with Crippen molar-refractivity contribution in [3.8, 4) is 0 Å². The number of carbonyl (C=O) groups excluding carboxylic acids is 2. The molecule has 0 spiro atoms. The number of para-hydroxylation sites is 1. The second-order valence-corrected chi connectivity index (χ2v) is 5.36. The summed E-state index contributed by atoms with van der Waals surface area (Å²) in [6.45, 7) is 4.93. The summed E-state index contributed by atoms with van der Waals surface area (Å²) < 4.78 is 18.3. The summed E-state index contributed by atoms with van der Waals surface area (Å²) in [5.41, 5.74) is 3.06. The Morgan fingerprint density at radius 3 is 2.30 bits per heavy atom. The molecule has 4 nitrogen and oxygen atoms in total. The van der Waals surface area contributed by atoms with Gasteiger partial charge in [-0.1, -0.05) is 24.3 Å². The first-order valence-electron chi connectivity index (χ1n) is 7.18. The number of hydrogen-bond donors (Lipinski definition) is 1. The molecule has 0 bridgehead atoms. The normalized spacial score (nSPS) is 10.3. The first-order chi connectivity index (χ1) is 10.9. The van der Waals surface area contributed by atoms with Gasteiger partial charge < -0.3 is 10.1 Å². The van der Waals surface area contributed by atoms with Crippen molar-refractivity contribution >= 4 is 17.6 Å². The van der Waals surface area contributed by atoms with E-state index >= 15 is 0 Å². The van der Waals surface area contributed by atoms with E-state index in [-0.39, 0.29) is 5.56 Å². The van der Waals surface area contributed by atoms with Gasteiger partial charge in [0.15, 0.2) is 6.61 Å². The number of amides is 1. The van der Waals surface area contributed by atoms with Gasteiger partial charge in [-0.3, -0.25) is 4.79 Å². The molecule has 2 aromatic rings. The van der Waals surface area contributed by atoms with E-state index < -0.39 is 24.3 Å². The Balaban J connectivity index is 1.96. The predicted molar refractivity (Wildman–Crippen MR) is 86.0 cm³/mol. The van der Waals surface area contributed by atoms with E-state index in [1.807, 2.05) is 32.0 Å². The number of aryl methyl sites for hydroxylation is 3. The predicted octanol–water partition coefficient (Wildman–Crippen LogP) is 3.55. The Hall–Kier alpha value is -2.69. The van der Waals surface area contributed by atoms with Crippen LogP contribution in [0.15, 0.2) is 36.4 Å². The summed E-state index contributed by atoms with van der Waals surface area (Å²) in [7, 11) is 0. The van der Waals surface area contributed by atoms with Crippen molar-refractivity contribution in [2.45, 2.75) is 20.8 Å². The van der Waals surface area contributed by atoms with E-state index in [0.29, 0.717) is 11.3 Å². The number of ether oxygens (including phenoxy) is 1. The zero-order valence-electron chi connectivity index (χ0n) is 13.3.